The van der Waals surface area contributed by atoms with E-state index in [0.29, 0.717) is 5.02 Å². The number of hydrogen-bond acceptors (Lipinski definition) is 3. The molecular weight excluding hydrogens is 414 g/mol. The Labute approximate surface area is 185 Å². The number of carbonyl (C=O) groups is 2. The van der Waals surface area contributed by atoms with Crippen LogP contribution in [0.15, 0.2) is 72.8 Å². The molecule has 4 rings (SSSR count). The molecule has 1 atom stereocenters. The fourth-order valence-electron chi connectivity index (χ4n) is 4.10. The lowest BCUT2D eigenvalue weighted by Crippen LogP contribution is -2.44. The first-order valence-electron chi connectivity index (χ1n) is 10.0. The lowest BCUT2D eigenvalue weighted by molar-refractivity contribution is -0.142. The number of carboxylic acids is 1. The van der Waals surface area contributed by atoms with E-state index < -0.39 is 18.1 Å². The van der Waals surface area contributed by atoms with E-state index in [1.54, 1.807) is 24.3 Å². The smallest absolute Gasteiger partial charge is 0.410 e. The van der Waals surface area contributed by atoms with Gasteiger partial charge >= 0.3 is 12.1 Å². The molecule has 1 aliphatic carbocycles. The van der Waals surface area contributed by atoms with E-state index in [0.717, 1.165) is 32.7 Å². The van der Waals surface area contributed by atoms with E-state index in [1.807, 2.05) is 36.4 Å². The average Bonchev–Trinajstić information content (AvgIpc) is 3.09. The van der Waals surface area contributed by atoms with Crippen molar-refractivity contribution in [1.82, 2.24) is 4.90 Å². The highest BCUT2D eigenvalue weighted by atomic mass is 35.5. The van der Waals surface area contributed by atoms with Gasteiger partial charge in [-0.2, -0.15) is 0 Å². The van der Waals surface area contributed by atoms with E-state index in [1.165, 1.54) is 7.05 Å². The third kappa shape index (κ3) is 4.28. The highest BCUT2D eigenvalue weighted by Gasteiger charge is 2.32. The first kappa shape index (κ1) is 20.9. The van der Waals surface area contributed by atoms with E-state index in [-0.39, 0.29) is 18.9 Å². The molecule has 0 saturated carbocycles. The molecule has 0 heterocycles. The number of amides is 1. The van der Waals surface area contributed by atoms with Crippen LogP contribution in [0.5, 0.6) is 0 Å². The van der Waals surface area contributed by atoms with Gasteiger partial charge in [-0.05, 0) is 39.9 Å². The Hall–Kier alpha value is -3.31. The summed E-state index contributed by atoms with van der Waals surface area (Å²) in [4.78, 5) is 25.7. The standard InChI is InChI=1S/C25H22ClNO4/c1-27(23(24(28)29)14-16-7-6-8-17(26)13-16)25(30)31-15-22-20-11-4-2-9-18(20)19-10-3-5-12-21(19)22/h2-13,22-23H,14-15H2,1H3,(H,28,29)/t23-/m0/s1. The largest absolute Gasteiger partial charge is 0.480 e. The number of likely N-dealkylation sites (N-methyl/N-ethyl adjacent to an activating group) is 1. The van der Waals surface area contributed by atoms with Gasteiger partial charge in [-0.3, -0.25) is 4.90 Å². The van der Waals surface area contributed by atoms with Crippen LogP contribution in [0.2, 0.25) is 5.02 Å². The van der Waals surface area contributed by atoms with Gasteiger partial charge in [0.1, 0.15) is 12.6 Å². The van der Waals surface area contributed by atoms with Crippen molar-refractivity contribution in [3.63, 3.8) is 0 Å². The van der Waals surface area contributed by atoms with Crippen molar-refractivity contribution in [2.75, 3.05) is 13.7 Å². The molecule has 0 fully saturated rings. The van der Waals surface area contributed by atoms with E-state index in [4.69, 9.17) is 16.3 Å². The Balaban J connectivity index is 1.48. The van der Waals surface area contributed by atoms with Gasteiger partial charge in [0.25, 0.3) is 0 Å². The van der Waals surface area contributed by atoms with Crippen LogP contribution in [0.4, 0.5) is 4.79 Å². The Morgan fingerprint density at radius 3 is 2.19 bits per heavy atom. The lowest BCUT2D eigenvalue weighted by Gasteiger charge is -2.25. The molecule has 3 aromatic carbocycles. The normalized spacial score (nSPS) is 13.2. The van der Waals surface area contributed by atoms with Crippen LogP contribution in [0, 0.1) is 0 Å². The van der Waals surface area contributed by atoms with Crippen molar-refractivity contribution >= 4 is 23.7 Å². The second-order valence-corrected chi connectivity index (χ2v) is 8.04. The minimum Gasteiger partial charge on any atom is -0.480 e. The van der Waals surface area contributed by atoms with Crippen LogP contribution in [-0.4, -0.2) is 41.8 Å². The molecular formula is C25H22ClNO4. The molecule has 1 aliphatic rings. The highest BCUT2D eigenvalue weighted by molar-refractivity contribution is 6.30. The van der Waals surface area contributed by atoms with Crippen molar-refractivity contribution in [2.45, 2.75) is 18.4 Å². The molecule has 0 spiro atoms. The molecule has 0 aromatic heterocycles. The summed E-state index contributed by atoms with van der Waals surface area (Å²) >= 11 is 6.00. The van der Waals surface area contributed by atoms with Crippen LogP contribution < -0.4 is 0 Å². The van der Waals surface area contributed by atoms with Gasteiger partial charge in [0.2, 0.25) is 0 Å². The number of ether oxygens (including phenoxy) is 1. The number of halogens is 1. The topological polar surface area (TPSA) is 66.8 Å². The molecule has 1 N–H and O–H groups in total. The maximum absolute atomic E-state index is 12.7. The Morgan fingerprint density at radius 2 is 1.61 bits per heavy atom. The zero-order valence-corrected chi connectivity index (χ0v) is 17.8. The minimum atomic E-state index is -1.10. The summed E-state index contributed by atoms with van der Waals surface area (Å²) < 4.78 is 5.59. The van der Waals surface area contributed by atoms with Crippen molar-refractivity contribution in [3.8, 4) is 11.1 Å². The van der Waals surface area contributed by atoms with Crippen LogP contribution in [0.1, 0.15) is 22.6 Å². The number of carbonyl (C=O) groups excluding carboxylic acids is 1. The molecule has 31 heavy (non-hydrogen) atoms. The number of rotatable bonds is 6. The summed E-state index contributed by atoms with van der Waals surface area (Å²) in [7, 11) is 1.45. The molecule has 0 aliphatic heterocycles. The molecule has 158 valence electrons. The van der Waals surface area contributed by atoms with Crippen molar-refractivity contribution in [1.29, 1.82) is 0 Å². The number of benzene rings is 3. The summed E-state index contributed by atoms with van der Waals surface area (Å²) in [6.45, 7) is 0.140. The number of nitrogens with zero attached hydrogens (tertiary/aromatic N) is 1. The maximum atomic E-state index is 12.7. The summed E-state index contributed by atoms with van der Waals surface area (Å²) in [5, 5.41) is 10.2. The van der Waals surface area contributed by atoms with Crippen molar-refractivity contribution in [3.05, 3.63) is 94.5 Å². The number of carboxylic acid groups (broad SMARTS) is 1. The van der Waals surface area contributed by atoms with Gasteiger partial charge in [-0.1, -0.05) is 72.3 Å². The molecule has 0 bridgehead atoms. The van der Waals surface area contributed by atoms with Crippen LogP contribution >= 0.6 is 11.6 Å². The van der Waals surface area contributed by atoms with Gasteiger partial charge < -0.3 is 9.84 Å². The second-order valence-electron chi connectivity index (χ2n) is 7.60. The minimum absolute atomic E-state index is 0.0824. The van der Waals surface area contributed by atoms with Gasteiger partial charge in [0.15, 0.2) is 0 Å². The summed E-state index contributed by atoms with van der Waals surface area (Å²) in [5.41, 5.74) is 5.22. The first-order chi connectivity index (χ1) is 15.0. The molecule has 0 saturated heterocycles. The van der Waals surface area contributed by atoms with Gasteiger partial charge in [0.05, 0.1) is 0 Å². The molecule has 0 unspecified atom stereocenters. The third-order valence-electron chi connectivity index (χ3n) is 5.69. The molecule has 6 heteroatoms. The van der Waals surface area contributed by atoms with E-state index in [2.05, 4.69) is 12.1 Å². The Kier molecular flexibility index (Phi) is 5.96. The summed E-state index contributed by atoms with van der Waals surface area (Å²) in [6, 6.07) is 22.0. The van der Waals surface area contributed by atoms with Crippen molar-refractivity contribution < 1.29 is 19.4 Å². The molecule has 5 nitrogen and oxygen atoms in total. The predicted molar refractivity (Wildman–Crippen MR) is 119 cm³/mol. The van der Waals surface area contributed by atoms with Gasteiger partial charge in [0, 0.05) is 24.4 Å². The monoisotopic (exact) mass is 435 g/mol. The average molecular weight is 436 g/mol. The Bertz CT molecular complexity index is 1080. The maximum Gasteiger partial charge on any atom is 0.410 e. The number of fused-ring (bicyclic) bond motifs is 3. The Morgan fingerprint density at radius 1 is 1.00 bits per heavy atom. The molecule has 3 aromatic rings. The third-order valence-corrected chi connectivity index (χ3v) is 5.93. The number of hydrogen-bond donors (Lipinski definition) is 1. The van der Waals surface area contributed by atoms with E-state index >= 15 is 0 Å². The van der Waals surface area contributed by atoms with Crippen LogP contribution in [-0.2, 0) is 16.0 Å². The van der Waals surface area contributed by atoms with Crippen LogP contribution in [0.3, 0.4) is 0 Å². The zero-order valence-electron chi connectivity index (χ0n) is 17.0. The second kappa shape index (κ2) is 8.82. The SMILES string of the molecule is CN(C(=O)OCC1c2ccccc2-c2ccccc21)[C@@H](Cc1cccc(Cl)c1)C(=O)O. The molecule has 0 radical (unpaired) electrons. The number of aliphatic carboxylic acids is 1. The summed E-state index contributed by atoms with van der Waals surface area (Å²) in [6.07, 6.45) is -0.535. The van der Waals surface area contributed by atoms with Crippen LogP contribution in [0.25, 0.3) is 11.1 Å². The predicted octanol–water partition coefficient (Wildman–Crippen LogP) is 5.22. The lowest BCUT2D eigenvalue weighted by atomic mass is 9.98. The van der Waals surface area contributed by atoms with Gasteiger partial charge in [-0.15, -0.1) is 0 Å². The van der Waals surface area contributed by atoms with Gasteiger partial charge in [-0.25, -0.2) is 9.59 Å². The fraction of sp³-hybridized carbons (Fsp3) is 0.200. The fourth-order valence-corrected chi connectivity index (χ4v) is 4.31. The zero-order chi connectivity index (χ0) is 22.0. The highest BCUT2D eigenvalue weighted by Crippen LogP contribution is 2.44. The summed E-state index contributed by atoms with van der Waals surface area (Å²) in [5.74, 6) is -1.18. The quantitative estimate of drug-likeness (QED) is 0.576. The first-order valence-corrected chi connectivity index (χ1v) is 10.4. The van der Waals surface area contributed by atoms with Crippen molar-refractivity contribution in [2.24, 2.45) is 0 Å². The molecule has 1 amide bonds. The van der Waals surface area contributed by atoms with E-state index in [9.17, 15) is 14.7 Å².